The highest BCUT2D eigenvalue weighted by atomic mass is 16.2. The molecule has 1 N–H and O–H groups in total. The van der Waals surface area contributed by atoms with Gasteiger partial charge in [-0.3, -0.25) is 23.6 Å². The molecule has 1 saturated carbocycles. The molecule has 1 aromatic heterocycles. The molecule has 28 heavy (non-hydrogen) atoms. The van der Waals surface area contributed by atoms with Crippen LogP contribution in [0.25, 0.3) is 11.0 Å². The molecule has 0 radical (unpaired) electrons. The van der Waals surface area contributed by atoms with E-state index in [1.165, 1.54) is 12.8 Å². The minimum Gasteiger partial charge on any atom is -0.337 e. The average Bonchev–Trinajstić information content (AvgIpc) is 3.26. The number of imidazole rings is 1. The van der Waals surface area contributed by atoms with E-state index in [9.17, 15) is 14.4 Å². The zero-order valence-electron chi connectivity index (χ0n) is 16.5. The van der Waals surface area contributed by atoms with Crippen molar-refractivity contribution in [3.8, 4) is 0 Å². The first kappa shape index (κ1) is 18.7. The number of amides is 2. The lowest BCUT2D eigenvalue weighted by atomic mass is 10.1. The van der Waals surface area contributed by atoms with Crippen LogP contribution in [0.15, 0.2) is 23.0 Å². The Balaban J connectivity index is 1.37. The van der Waals surface area contributed by atoms with Gasteiger partial charge in [-0.1, -0.05) is 12.8 Å². The van der Waals surface area contributed by atoms with Gasteiger partial charge in [-0.2, -0.15) is 0 Å². The van der Waals surface area contributed by atoms with Crippen LogP contribution in [-0.2, 0) is 23.7 Å². The number of hydrogen-bond acceptors (Lipinski definition) is 4. The lowest BCUT2D eigenvalue weighted by Gasteiger charge is -2.37. The van der Waals surface area contributed by atoms with Gasteiger partial charge in [-0.25, -0.2) is 4.79 Å². The number of nitrogens with zero attached hydrogens (tertiary/aromatic N) is 4. The maximum Gasteiger partial charge on any atom is 0.328 e. The van der Waals surface area contributed by atoms with Crippen molar-refractivity contribution in [1.82, 2.24) is 18.9 Å². The Morgan fingerprint density at radius 2 is 1.79 bits per heavy atom. The SMILES string of the molecule is Cn1c(=O)n(C)c2cc(NC(=O)CN3CCN(C4CCCC4)C(=O)C3)ccc21. The maximum absolute atomic E-state index is 12.5. The Morgan fingerprint density at radius 3 is 2.50 bits per heavy atom. The minimum absolute atomic E-state index is 0.0999. The van der Waals surface area contributed by atoms with E-state index in [1.807, 2.05) is 15.9 Å². The lowest BCUT2D eigenvalue weighted by molar-refractivity contribution is -0.139. The summed E-state index contributed by atoms with van der Waals surface area (Å²) in [6, 6.07) is 5.82. The molecule has 2 aliphatic rings. The van der Waals surface area contributed by atoms with Gasteiger partial charge in [-0.05, 0) is 31.0 Å². The summed E-state index contributed by atoms with van der Waals surface area (Å²) >= 11 is 0. The lowest BCUT2D eigenvalue weighted by Crippen LogP contribution is -2.54. The van der Waals surface area contributed by atoms with Gasteiger partial charge in [0.1, 0.15) is 0 Å². The fourth-order valence-electron chi connectivity index (χ4n) is 4.46. The van der Waals surface area contributed by atoms with Crippen LogP contribution in [0.3, 0.4) is 0 Å². The van der Waals surface area contributed by atoms with Gasteiger partial charge in [0.15, 0.2) is 0 Å². The maximum atomic E-state index is 12.5. The van der Waals surface area contributed by atoms with Crippen LogP contribution in [0, 0.1) is 0 Å². The third-order valence-corrected chi connectivity index (χ3v) is 6.02. The molecular formula is C20H27N5O3. The minimum atomic E-state index is -0.151. The van der Waals surface area contributed by atoms with Crippen LogP contribution in [0.5, 0.6) is 0 Å². The number of nitrogens with one attached hydrogen (secondary N) is 1. The molecule has 2 fully saturated rings. The van der Waals surface area contributed by atoms with Gasteiger partial charge in [0.25, 0.3) is 0 Å². The molecule has 1 aromatic carbocycles. The Hall–Kier alpha value is -2.61. The van der Waals surface area contributed by atoms with Gasteiger partial charge < -0.3 is 10.2 Å². The predicted octanol–water partition coefficient (Wildman–Crippen LogP) is 0.902. The van der Waals surface area contributed by atoms with Crippen LogP contribution >= 0.6 is 0 Å². The molecule has 150 valence electrons. The van der Waals surface area contributed by atoms with Crippen LogP contribution < -0.4 is 11.0 Å². The quantitative estimate of drug-likeness (QED) is 0.848. The van der Waals surface area contributed by atoms with Crippen molar-refractivity contribution >= 4 is 28.5 Å². The molecule has 1 aliphatic carbocycles. The second-order valence-corrected chi connectivity index (χ2v) is 7.89. The van der Waals surface area contributed by atoms with Crippen molar-refractivity contribution in [3.05, 3.63) is 28.7 Å². The summed E-state index contributed by atoms with van der Waals surface area (Å²) in [5.74, 6) is -0.0194. The van der Waals surface area contributed by atoms with E-state index < -0.39 is 0 Å². The zero-order chi connectivity index (χ0) is 19.8. The molecule has 2 aromatic rings. The predicted molar refractivity (Wildman–Crippen MR) is 107 cm³/mol. The van der Waals surface area contributed by atoms with Crippen LogP contribution in [0.4, 0.5) is 5.69 Å². The third-order valence-electron chi connectivity index (χ3n) is 6.02. The van der Waals surface area contributed by atoms with Crippen molar-refractivity contribution in [2.75, 3.05) is 31.5 Å². The number of anilines is 1. The van der Waals surface area contributed by atoms with Gasteiger partial charge in [0.05, 0.1) is 24.1 Å². The molecule has 4 rings (SSSR count). The summed E-state index contributed by atoms with van der Waals surface area (Å²) in [5, 5.41) is 2.89. The van der Waals surface area contributed by atoms with E-state index in [0.29, 0.717) is 24.8 Å². The summed E-state index contributed by atoms with van der Waals surface area (Å²) in [4.78, 5) is 40.9. The van der Waals surface area contributed by atoms with E-state index >= 15 is 0 Å². The summed E-state index contributed by atoms with van der Waals surface area (Å²) in [5.41, 5.74) is 2.14. The standard InChI is InChI=1S/C20H27N5O3/c1-22-16-8-7-14(11-17(16)23(2)20(22)28)21-18(26)12-24-9-10-25(19(27)13-24)15-5-3-4-6-15/h7-8,11,15H,3-6,9-10,12-13H2,1-2H3,(H,21,26). The molecule has 2 amide bonds. The summed E-state index contributed by atoms with van der Waals surface area (Å²) < 4.78 is 3.14. The average molecular weight is 385 g/mol. The molecule has 0 unspecified atom stereocenters. The normalized spacial score (nSPS) is 18.9. The van der Waals surface area contributed by atoms with Crippen LogP contribution in [0.1, 0.15) is 25.7 Å². The van der Waals surface area contributed by atoms with Crippen molar-refractivity contribution in [3.63, 3.8) is 0 Å². The van der Waals surface area contributed by atoms with E-state index in [4.69, 9.17) is 0 Å². The smallest absolute Gasteiger partial charge is 0.328 e. The van der Waals surface area contributed by atoms with Gasteiger partial charge >= 0.3 is 5.69 Å². The Labute approximate surface area is 163 Å². The number of aromatic nitrogens is 2. The summed E-state index contributed by atoms with van der Waals surface area (Å²) in [6.07, 6.45) is 4.63. The topological polar surface area (TPSA) is 79.6 Å². The number of benzene rings is 1. The molecule has 8 heteroatoms. The number of rotatable bonds is 4. The number of aryl methyl sites for hydroxylation is 2. The highest BCUT2D eigenvalue weighted by Gasteiger charge is 2.31. The molecule has 8 nitrogen and oxygen atoms in total. The highest BCUT2D eigenvalue weighted by Crippen LogP contribution is 2.25. The van der Waals surface area contributed by atoms with E-state index in [1.54, 1.807) is 35.4 Å². The summed E-state index contributed by atoms with van der Waals surface area (Å²) in [7, 11) is 3.44. The van der Waals surface area contributed by atoms with E-state index in [2.05, 4.69) is 5.32 Å². The van der Waals surface area contributed by atoms with E-state index in [0.717, 1.165) is 30.4 Å². The molecular weight excluding hydrogens is 358 g/mol. The van der Waals surface area contributed by atoms with Crippen molar-refractivity contribution in [2.24, 2.45) is 14.1 Å². The Morgan fingerprint density at radius 1 is 1.07 bits per heavy atom. The second kappa shape index (κ2) is 7.43. The Kier molecular flexibility index (Phi) is 4.97. The number of piperazine rings is 1. The molecule has 0 spiro atoms. The number of hydrogen-bond donors (Lipinski definition) is 1. The van der Waals surface area contributed by atoms with Gasteiger partial charge in [-0.15, -0.1) is 0 Å². The highest BCUT2D eigenvalue weighted by molar-refractivity contribution is 5.94. The Bertz CT molecular complexity index is 970. The molecule has 1 saturated heterocycles. The number of carbonyl (C=O) groups is 2. The van der Waals surface area contributed by atoms with Crippen molar-refractivity contribution in [2.45, 2.75) is 31.7 Å². The van der Waals surface area contributed by atoms with Crippen molar-refractivity contribution in [1.29, 1.82) is 0 Å². The molecule has 0 atom stereocenters. The fourth-order valence-corrected chi connectivity index (χ4v) is 4.46. The first-order valence-corrected chi connectivity index (χ1v) is 9.91. The van der Waals surface area contributed by atoms with Gasteiger partial charge in [0, 0.05) is 38.9 Å². The second-order valence-electron chi connectivity index (χ2n) is 7.89. The summed E-state index contributed by atoms with van der Waals surface area (Å²) in [6.45, 7) is 1.92. The fraction of sp³-hybridized carbons (Fsp3) is 0.550. The number of fused-ring (bicyclic) bond motifs is 1. The van der Waals surface area contributed by atoms with E-state index in [-0.39, 0.29) is 24.0 Å². The molecule has 0 bridgehead atoms. The monoisotopic (exact) mass is 385 g/mol. The largest absolute Gasteiger partial charge is 0.337 e. The molecule has 2 heterocycles. The first-order chi connectivity index (χ1) is 13.4. The van der Waals surface area contributed by atoms with Crippen LogP contribution in [0.2, 0.25) is 0 Å². The first-order valence-electron chi connectivity index (χ1n) is 9.91. The number of carbonyl (C=O) groups excluding carboxylic acids is 2. The molecule has 1 aliphatic heterocycles. The van der Waals surface area contributed by atoms with Crippen molar-refractivity contribution < 1.29 is 9.59 Å². The zero-order valence-corrected chi connectivity index (χ0v) is 16.5. The van der Waals surface area contributed by atoms with Crippen LogP contribution in [-0.4, -0.2) is 63.0 Å². The van der Waals surface area contributed by atoms with Gasteiger partial charge in [0.2, 0.25) is 11.8 Å². The third kappa shape index (κ3) is 3.44.